The molecule has 2 aromatic carbocycles. The minimum absolute atomic E-state index is 0. The summed E-state index contributed by atoms with van der Waals surface area (Å²) in [4.78, 5) is 11.1. The van der Waals surface area contributed by atoms with Gasteiger partial charge in [0, 0.05) is 16.2 Å². The average molecular weight is 357 g/mol. The van der Waals surface area contributed by atoms with Crippen LogP contribution in [0.15, 0.2) is 42.5 Å². The van der Waals surface area contributed by atoms with Crippen LogP contribution in [0, 0.1) is 6.92 Å². The molecule has 0 saturated carbocycles. The predicted octanol–water partition coefficient (Wildman–Crippen LogP) is 4.37. The third kappa shape index (κ3) is 5.73. The summed E-state index contributed by atoms with van der Waals surface area (Å²) < 4.78 is 6.22. The fourth-order valence-electron chi connectivity index (χ4n) is 2.37. The molecule has 124 valence electrons. The Bertz CT molecular complexity index is 626. The van der Waals surface area contributed by atoms with Gasteiger partial charge in [-0.2, -0.15) is 0 Å². The van der Waals surface area contributed by atoms with Crippen molar-refractivity contribution < 1.29 is 9.32 Å². The van der Waals surface area contributed by atoms with Crippen LogP contribution in [0.2, 0.25) is 5.02 Å². The molecule has 0 spiro atoms. The van der Waals surface area contributed by atoms with E-state index in [-0.39, 0.29) is 18.9 Å². The Morgan fingerprint density at radius 3 is 2.42 bits per heavy atom. The average Bonchev–Trinajstić information content (AvgIpc) is 2.55. The molecule has 0 fully saturated rings. The SMILES string of the molecule is CCCCCOP(c1ccccc1)c1cc(C)c(C=O)c(Cl)c1.[LiH]. The van der Waals surface area contributed by atoms with E-state index in [0.29, 0.717) is 10.6 Å². The van der Waals surface area contributed by atoms with E-state index in [2.05, 4.69) is 19.1 Å². The second kappa shape index (κ2) is 11.1. The summed E-state index contributed by atoms with van der Waals surface area (Å²) in [5.74, 6) is 0. The number of hydrogen-bond donors (Lipinski definition) is 0. The van der Waals surface area contributed by atoms with E-state index in [1.165, 1.54) is 12.8 Å². The van der Waals surface area contributed by atoms with E-state index in [9.17, 15) is 4.79 Å². The van der Waals surface area contributed by atoms with Crippen molar-refractivity contribution in [2.24, 2.45) is 0 Å². The molecule has 0 aliphatic rings. The number of carbonyl (C=O) groups is 1. The van der Waals surface area contributed by atoms with Crippen molar-refractivity contribution in [3.8, 4) is 0 Å². The molecule has 1 unspecified atom stereocenters. The van der Waals surface area contributed by atoms with Gasteiger partial charge in [-0.1, -0.05) is 61.7 Å². The van der Waals surface area contributed by atoms with Crippen molar-refractivity contribution in [3.05, 3.63) is 58.6 Å². The van der Waals surface area contributed by atoms with Crippen molar-refractivity contribution >= 4 is 55.5 Å². The zero-order valence-electron chi connectivity index (χ0n) is 13.6. The summed E-state index contributed by atoms with van der Waals surface area (Å²) in [5.41, 5.74) is 1.45. The van der Waals surface area contributed by atoms with Gasteiger partial charge in [0.15, 0.2) is 6.29 Å². The molecule has 0 amide bonds. The minimum atomic E-state index is -0.918. The van der Waals surface area contributed by atoms with Crippen LogP contribution in [0.3, 0.4) is 0 Å². The topological polar surface area (TPSA) is 26.3 Å². The molecule has 2 rings (SSSR count). The summed E-state index contributed by atoms with van der Waals surface area (Å²) in [6.45, 7) is 4.83. The molecule has 2 aromatic rings. The van der Waals surface area contributed by atoms with E-state index < -0.39 is 8.15 Å². The van der Waals surface area contributed by atoms with Crippen LogP contribution < -0.4 is 10.6 Å². The van der Waals surface area contributed by atoms with Crippen molar-refractivity contribution in [1.29, 1.82) is 0 Å². The summed E-state index contributed by atoms with van der Waals surface area (Å²) in [5, 5.41) is 2.71. The Kier molecular flexibility index (Phi) is 9.90. The number of benzene rings is 2. The molecular formula is C19H23ClLiO2P. The maximum atomic E-state index is 11.1. The van der Waals surface area contributed by atoms with Gasteiger partial charge in [0.25, 0.3) is 0 Å². The molecule has 24 heavy (non-hydrogen) atoms. The van der Waals surface area contributed by atoms with Crippen LogP contribution in [0.25, 0.3) is 0 Å². The van der Waals surface area contributed by atoms with Gasteiger partial charge in [-0.05, 0) is 31.0 Å². The van der Waals surface area contributed by atoms with Crippen LogP contribution in [0.4, 0.5) is 0 Å². The predicted molar refractivity (Wildman–Crippen MR) is 107 cm³/mol. The zero-order chi connectivity index (χ0) is 16.7. The van der Waals surface area contributed by atoms with E-state index in [1.807, 2.05) is 37.3 Å². The van der Waals surface area contributed by atoms with E-state index in [1.54, 1.807) is 0 Å². The first-order chi connectivity index (χ1) is 11.2. The third-order valence-electron chi connectivity index (χ3n) is 3.63. The van der Waals surface area contributed by atoms with E-state index >= 15 is 0 Å². The summed E-state index contributed by atoms with van der Waals surface area (Å²) in [7, 11) is -0.918. The Hall–Kier alpha value is -0.613. The first-order valence-corrected chi connectivity index (χ1v) is 9.54. The van der Waals surface area contributed by atoms with Gasteiger partial charge in [-0.25, -0.2) is 0 Å². The first kappa shape index (κ1) is 21.4. The third-order valence-corrected chi connectivity index (χ3v) is 5.88. The molecule has 0 aliphatic carbocycles. The molecule has 1 atom stereocenters. The molecule has 2 nitrogen and oxygen atoms in total. The molecule has 0 N–H and O–H groups in total. The quantitative estimate of drug-likeness (QED) is 0.304. The van der Waals surface area contributed by atoms with Gasteiger partial charge in [-0.3, -0.25) is 4.79 Å². The molecule has 5 heteroatoms. The molecule has 0 bridgehead atoms. The Morgan fingerprint density at radius 2 is 1.83 bits per heavy atom. The van der Waals surface area contributed by atoms with Gasteiger partial charge >= 0.3 is 18.9 Å². The molecule has 0 heterocycles. The van der Waals surface area contributed by atoms with Crippen molar-refractivity contribution in [2.75, 3.05) is 6.61 Å². The monoisotopic (exact) mass is 356 g/mol. The zero-order valence-corrected chi connectivity index (χ0v) is 15.2. The number of aldehydes is 1. The van der Waals surface area contributed by atoms with Gasteiger partial charge in [0.05, 0.1) is 19.8 Å². The van der Waals surface area contributed by atoms with Gasteiger partial charge in [0.1, 0.15) is 0 Å². The van der Waals surface area contributed by atoms with Crippen LogP contribution in [-0.4, -0.2) is 31.8 Å². The van der Waals surface area contributed by atoms with Gasteiger partial charge in [-0.15, -0.1) is 0 Å². The van der Waals surface area contributed by atoms with Gasteiger partial charge in [0.2, 0.25) is 0 Å². The first-order valence-electron chi connectivity index (χ1n) is 7.90. The Balaban J connectivity index is 0.00000288. The molecule has 0 aliphatic heterocycles. The number of halogens is 1. The number of aryl methyl sites for hydroxylation is 1. The standard InChI is InChI=1S/C19H22ClO2P.Li.H/c1-3-4-8-11-22-23(16-9-6-5-7-10-16)17-12-15(2)18(14-21)19(20)13-17;;/h5-7,9-10,12-14H,3-4,8,11H2,1-2H3;;. The Morgan fingerprint density at radius 1 is 1.12 bits per heavy atom. The normalized spacial score (nSPS) is 11.6. The molecule has 0 saturated heterocycles. The van der Waals surface area contributed by atoms with Crippen molar-refractivity contribution in [2.45, 2.75) is 33.1 Å². The fourth-order valence-corrected chi connectivity index (χ4v) is 4.67. The molecule has 0 aromatic heterocycles. The van der Waals surface area contributed by atoms with Crippen molar-refractivity contribution in [3.63, 3.8) is 0 Å². The maximum absolute atomic E-state index is 11.1. The van der Waals surface area contributed by atoms with Crippen LogP contribution in [0.5, 0.6) is 0 Å². The Labute approximate surface area is 163 Å². The van der Waals surface area contributed by atoms with Crippen LogP contribution in [0.1, 0.15) is 42.1 Å². The number of carbonyl (C=O) groups excluding carboxylic acids is 1. The number of hydrogen-bond acceptors (Lipinski definition) is 2. The second-order valence-electron chi connectivity index (χ2n) is 5.45. The van der Waals surface area contributed by atoms with Crippen LogP contribution >= 0.6 is 19.7 Å². The number of rotatable bonds is 8. The van der Waals surface area contributed by atoms with E-state index in [4.69, 9.17) is 16.1 Å². The van der Waals surface area contributed by atoms with Crippen LogP contribution in [-0.2, 0) is 4.52 Å². The molecule has 0 radical (unpaired) electrons. The molecular weight excluding hydrogens is 334 g/mol. The number of unbranched alkanes of at least 4 members (excludes halogenated alkanes) is 2. The summed E-state index contributed by atoms with van der Waals surface area (Å²) in [6, 6.07) is 14.1. The van der Waals surface area contributed by atoms with Gasteiger partial charge < -0.3 is 4.52 Å². The van der Waals surface area contributed by atoms with Crippen molar-refractivity contribution in [1.82, 2.24) is 0 Å². The summed E-state index contributed by atoms with van der Waals surface area (Å²) in [6.07, 6.45) is 4.21. The second-order valence-corrected chi connectivity index (χ2v) is 7.73. The van der Waals surface area contributed by atoms with E-state index in [0.717, 1.165) is 35.5 Å². The fraction of sp³-hybridized carbons (Fsp3) is 0.316. The summed E-state index contributed by atoms with van der Waals surface area (Å²) >= 11 is 6.27.